The van der Waals surface area contributed by atoms with Crippen molar-refractivity contribution in [3.8, 4) is 11.5 Å². The summed E-state index contributed by atoms with van der Waals surface area (Å²) in [6, 6.07) is 8.78. The van der Waals surface area contributed by atoms with E-state index in [1.165, 1.54) is 0 Å². The molecule has 2 aromatic carbocycles. The van der Waals surface area contributed by atoms with Crippen LogP contribution in [0.5, 0.6) is 11.5 Å². The van der Waals surface area contributed by atoms with Crippen molar-refractivity contribution in [3.05, 3.63) is 46.5 Å². The van der Waals surface area contributed by atoms with Crippen molar-refractivity contribution in [2.45, 2.75) is 145 Å². The largest absolute Gasteiger partial charge is 0.507 e. The van der Waals surface area contributed by atoms with Crippen molar-refractivity contribution >= 4 is 51.1 Å². The van der Waals surface area contributed by atoms with E-state index < -0.39 is 0 Å². The van der Waals surface area contributed by atoms with Crippen LogP contribution < -0.4 is 4.74 Å². The van der Waals surface area contributed by atoms with Gasteiger partial charge in [-0.3, -0.25) is 4.79 Å². The second kappa shape index (κ2) is 16.2. The van der Waals surface area contributed by atoms with Crippen LogP contribution in [-0.4, -0.2) is 40.4 Å². The maximum atomic E-state index is 13.2. The number of phenolic OH excluding ortho intramolecular Hbond substituents is 1. The van der Waals surface area contributed by atoms with Gasteiger partial charge in [0.2, 0.25) is 0 Å². The van der Waals surface area contributed by atoms with Crippen molar-refractivity contribution in [3.63, 3.8) is 0 Å². The third kappa shape index (κ3) is 12.5. The van der Waals surface area contributed by atoms with Crippen molar-refractivity contribution in [1.82, 2.24) is 0 Å². The van der Waals surface area contributed by atoms with E-state index in [-0.39, 0.29) is 31.7 Å². The molecule has 0 unspecified atom stereocenters. The lowest BCUT2D eigenvalue weighted by Crippen LogP contribution is -2.22. The fourth-order valence-corrected chi connectivity index (χ4v) is 9.54. The highest BCUT2D eigenvalue weighted by Crippen LogP contribution is 2.51. The Bertz CT molecular complexity index is 1250. The molecular formula is C38H60O4S4. The summed E-state index contributed by atoms with van der Waals surface area (Å²) in [4.78, 5) is 15.5. The highest BCUT2D eigenvalue weighted by Gasteiger charge is 2.32. The Morgan fingerprint density at radius 2 is 1.04 bits per heavy atom. The second-order valence-electron chi connectivity index (χ2n) is 16.5. The second-order valence-corrected chi connectivity index (χ2v) is 22.9. The van der Waals surface area contributed by atoms with Crippen molar-refractivity contribution in [2.24, 2.45) is 0 Å². The zero-order valence-electron chi connectivity index (χ0n) is 31.1. The number of esters is 1. The van der Waals surface area contributed by atoms with Gasteiger partial charge in [-0.2, -0.15) is 0 Å². The smallest absolute Gasteiger partial charge is 0.311 e. The topological polar surface area (TPSA) is 55.8 Å². The van der Waals surface area contributed by atoms with Gasteiger partial charge in [0.25, 0.3) is 0 Å². The summed E-state index contributed by atoms with van der Waals surface area (Å²) >= 11 is 3.66. The van der Waals surface area contributed by atoms with E-state index in [9.17, 15) is 9.90 Å². The summed E-state index contributed by atoms with van der Waals surface area (Å²) in [6.07, 6.45) is 1.18. The molecule has 0 aromatic heterocycles. The number of benzene rings is 2. The van der Waals surface area contributed by atoms with Gasteiger partial charge < -0.3 is 14.6 Å². The fourth-order valence-electron chi connectivity index (χ4n) is 4.96. The molecular weight excluding hydrogens is 649 g/mol. The van der Waals surface area contributed by atoms with Crippen molar-refractivity contribution in [1.29, 1.82) is 0 Å². The first-order valence-electron chi connectivity index (χ1n) is 16.3. The average Bonchev–Trinajstić information content (AvgIpc) is 2.86. The van der Waals surface area contributed by atoms with Crippen LogP contribution in [0.25, 0.3) is 0 Å². The molecule has 0 aliphatic carbocycles. The van der Waals surface area contributed by atoms with Gasteiger partial charge in [-0.1, -0.05) is 105 Å². The SMILES string of the molecule is COCCSSCCCC(=O)Oc1c(C(C)(C)C)cc(SC(C)(C)Sc2cc(C(C)(C)C)c(O)c(C(C)(C)C)c2)cc1C(C)(C)C. The Balaban J connectivity index is 2.44. The third-order valence-corrected chi connectivity index (χ3v) is 12.3. The summed E-state index contributed by atoms with van der Waals surface area (Å²) in [7, 11) is 5.27. The standard InChI is InChI=1S/C38H60O4S4/c1-34(2,3)27-21-25(22-28(32(27)40)35(4,5)6)45-38(13,14)46-26-23-29(36(7,8)9)33(30(24-26)37(10,11)12)42-31(39)17-16-19-43-44-20-18-41-15/h21-24,40H,16-20H2,1-15H3. The Morgan fingerprint density at radius 1 is 0.652 bits per heavy atom. The van der Waals surface area contributed by atoms with E-state index in [0.717, 1.165) is 56.6 Å². The molecule has 0 saturated heterocycles. The first-order valence-corrected chi connectivity index (χ1v) is 20.4. The highest BCUT2D eigenvalue weighted by atomic mass is 33.1. The zero-order chi connectivity index (χ0) is 35.3. The zero-order valence-corrected chi connectivity index (χ0v) is 34.4. The van der Waals surface area contributed by atoms with Gasteiger partial charge in [-0.05, 0) is 66.2 Å². The Labute approximate surface area is 297 Å². The molecule has 1 N–H and O–H groups in total. The Morgan fingerprint density at radius 3 is 1.43 bits per heavy atom. The number of aromatic hydroxyl groups is 1. The van der Waals surface area contributed by atoms with Crippen LogP contribution in [-0.2, 0) is 31.2 Å². The lowest BCUT2D eigenvalue weighted by molar-refractivity contribution is -0.134. The molecule has 8 heteroatoms. The molecule has 46 heavy (non-hydrogen) atoms. The molecule has 0 fully saturated rings. The number of rotatable bonds is 13. The molecule has 2 rings (SSSR count). The van der Waals surface area contributed by atoms with E-state index >= 15 is 0 Å². The first-order chi connectivity index (χ1) is 20.9. The number of carbonyl (C=O) groups excluding carboxylic acids is 1. The molecule has 0 atom stereocenters. The monoisotopic (exact) mass is 708 g/mol. The number of carbonyl (C=O) groups is 1. The molecule has 0 aliphatic rings. The Kier molecular flexibility index (Phi) is 14.5. The lowest BCUT2D eigenvalue weighted by Gasteiger charge is -2.32. The maximum absolute atomic E-state index is 13.2. The molecule has 4 nitrogen and oxygen atoms in total. The predicted molar refractivity (Wildman–Crippen MR) is 207 cm³/mol. The molecule has 2 aromatic rings. The van der Waals surface area contributed by atoms with E-state index in [0.29, 0.717) is 17.9 Å². The van der Waals surface area contributed by atoms with Gasteiger partial charge in [0.15, 0.2) is 0 Å². The normalized spacial score (nSPS) is 13.3. The summed E-state index contributed by atoms with van der Waals surface area (Å²) in [5.74, 6) is 2.79. The van der Waals surface area contributed by atoms with Crippen LogP contribution in [0.1, 0.15) is 132 Å². The quantitative estimate of drug-likeness (QED) is 0.0551. The molecule has 0 aliphatic heterocycles. The average molecular weight is 709 g/mol. The van der Waals surface area contributed by atoms with Gasteiger partial charge in [0.05, 0.1) is 10.7 Å². The fraction of sp³-hybridized carbons (Fsp3) is 0.658. The van der Waals surface area contributed by atoms with E-state index in [1.807, 2.05) is 23.5 Å². The van der Waals surface area contributed by atoms with Gasteiger partial charge in [0, 0.05) is 57.1 Å². The molecule has 0 amide bonds. The molecule has 0 spiro atoms. The Hall–Kier alpha value is -0.930. The van der Waals surface area contributed by atoms with E-state index in [2.05, 4.69) is 121 Å². The molecule has 0 bridgehead atoms. The van der Waals surface area contributed by atoms with Gasteiger partial charge in [-0.15, -0.1) is 23.5 Å². The number of ether oxygens (including phenoxy) is 2. The van der Waals surface area contributed by atoms with Crippen LogP contribution in [0.2, 0.25) is 0 Å². The maximum Gasteiger partial charge on any atom is 0.311 e. The summed E-state index contributed by atoms with van der Waals surface area (Å²) in [5.41, 5.74) is 3.24. The number of hydrogen-bond donors (Lipinski definition) is 1. The van der Waals surface area contributed by atoms with Crippen LogP contribution in [0.3, 0.4) is 0 Å². The van der Waals surface area contributed by atoms with Crippen LogP contribution in [0.4, 0.5) is 0 Å². The van der Waals surface area contributed by atoms with Crippen molar-refractivity contribution < 1.29 is 19.4 Å². The van der Waals surface area contributed by atoms with Gasteiger partial charge in [0.1, 0.15) is 11.5 Å². The molecule has 260 valence electrons. The molecule has 0 heterocycles. The number of phenols is 1. The third-order valence-electron chi connectivity index (χ3n) is 7.38. The minimum Gasteiger partial charge on any atom is -0.507 e. The van der Waals surface area contributed by atoms with Crippen LogP contribution in [0.15, 0.2) is 34.1 Å². The highest BCUT2D eigenvalue weighted by molar-refractivity contribution is 8.76. The molecule has 0 saturated carbocycles. The number of thioether (sulfide) groups is 2. The van der Waals surface area contributed by atoms with Crippen LogP contribution >= 0.6 is 45.1 Å². The summed E-state index contributed by atoms with van der Waals surface area (Å²) in [5, 5.41) is 11.3. The van der Waals surface area contributed by atoms with Gasteiger partial charge in [-0.25, -0.2) is 0 Å². The number of methoxy groups -OCH3 is 1. The predicted octanol–water partition coefficient (Wildman–Crippen LogP) is 11.9. The van der Waals surface area contributed by atoms with Crippen LogP contribution in [0, 0.1) is 0 Å². The minimum atomic E-state index is -0.225. The lowest BCUT2D eigenvalue weighted by atomic mass is 9.79. The van der Waals surface area contributed by atoms with Gasteiger partial charge >= 0.3 is 5.97 Å². The summed E-state index contributed by atoms with van der Waals surface area (Å²) in [6.45, 7) is 31.3. The van der Waals surface area contributed by atoms with E-state index in [1.54, 1.807) is 28.7 Å². The van der Waals surface area contributed by atoms with Crippen molar-refractivity contribution in [2.75, 3.05) is 25.2 Å². The minimum absolute atomic E-state index is 0.175. The molecule has 0 radical (unpaired) electrons. The van der Waals surface area contributed by atoms with E-state index in [4.69, 9.17) is 9.47 Å². The number of hydrogen-bond acceptors (Lipinski definition) is 8. The summed E-state index contributed by atoms with van der Waals surface area (Å²) < 4.78 is 11.1. The first kappa shape index (κ1) is 41.2.